The van der Waals surface area contributed by atoms with Gasteiger partial charge in [0.05, 0.1) is 23.8 Å². The van der Waals surface area contributed by atoms with Crippen LogP contribution in [0, 0.1) is 13.8 Å². The van der Waals surface area contributed by atoms with Gasteiger partial charge in [-0.15, -0.1) is 0 Å². The first-order chi connectivity index (χ1) is 13.5. The van der Waals surface area contributed by atoms with Crippen molar-refractivity contribution in [1.29, 1.82) is 0 Å². The van der Waals surface area contributed by atoms with Gasteiger partial charge in [-0.25, -0.2) is 4.98 Å². The molecule has 28 heavy (non-hydrogen) atoms. The van der Waals surface area contributed by atoms with Gasteiger partial charge in [-0.1, -0.05) is 11.8 Å². The second-order valence-electron chi connectivity index (χ2n) is 7.37. The summed E-state index contributed by atoms with van der Waals surface area (Å²) in [5.74, 6) is 1.68. The van der Waals surface area contributed by atoms with E-state index in [4.69, 9.17) is 9.72 Å². The number of likely N-dealkylation sites (N-methyl/N-ethyl adjacent to an activating group) is 1. The molecule has 4 rings (SSSR count). The summed E-state index contributed by atoms with van der Waals surface area (Å²) in [5, 5.41) is 0.922. The van der Waals surface area contributed by atoms with Crippen LogP contribution in [0.5, 0.6) is 5.75 Å². The molecule has 0 bridgehead atoms. The summed E-state index contributed by atoms with van der Waals surface area (Å²) in [6.07, 6.45) is 1.88. The standard InChI is InChI=1S/C21H27N5OS/c1-14-12-22-19(15(2)20(14)27-4)13-28-21-23-17-6-5-16(11-18(17)24-21)26-9-7-25(3)8-10-26/h5-6,11-12H,7-10,13H2,1-4H3,(H,23,24). The third-order valence-electron chi connectivity index (χ3n) is 5.41. The van der Waals surface area contributed by atoms with Crippen molar-refractivity contribution in [2.24, 2.45) is 0 Å². The van der Waals surface area contributed by atoms with Gasteiger partial charge in [0.15, 0.2) is 5.16 Å². The normalized spacial score (nSPS) is 15.4. The Balaban J connectivity index is 1.49. The van der Waals surface area contributed by atoms with Crippen LogP contribution in [0.3, 0.4) is 0 Å². The number of pyridine rings is 1. The lowest BCUT2D eigenvalue weighted by atomic mass is 10.1. The fraction of sp³-hybridized carbons (Fsp3) is 0.429. The molecule has 1 saturated heterocycles. The van der Waals surface area contributed by atoms with Gasteiger partial charge >= 0.3 is 0 Å². The Morgan fingerprint density at radius 2 is 1.96 bits per heavy atom. The number of anilines is 1. The molecule has 1 aliphatic heterocycles. The minimum Gasteiger partial charge on any atom is -0.496 e. The van der Waals surface area contributed by atoms with Gasteiger partial charge in [0.25, 0.3) is 0 Å². The van der Waals surface area contributed by atoms with E-state index in [0.29, 0.717) is 0 Å². The van der Waals surface area contributed by atoms with Crippen LogP contribution < -0.4 is 9.64 Å². The zero-order chi connectivity index (χ0) is 19.7. The number of nitrogens with zero attached hydrogens (tertiary/aromatic N) is 4. The van der Waals surface area contributed by atoms with E-state index < -0.39 is 0 Å². The van der Waals surface area contributed by atoms with E-state index in [-0.39, 0.29) is 0 Å². The number of ether oxygens (including phenoxy) is 1. The molecule has 0 radical (unpaired) electrons. The minimum absolute atomic E-state index is 0.758. The highest BCUT2D eigenvalue weighted by molar-refractivity contribution is 7.98. The van der Waals surface area contributed by atoms with E-state index in [0.717, 1.165) is 70.7 Å². The molecule has 0 atom stereocenters. The Bertz CT molecular complexity index is 978. The van der Waals surface area contributed by atoms with E-state index in [9.17, 15) is 0 Å². The van der Waals surface area contributed by atoms with Crippen molar-refractivity contribution in [3.63, 3.8) is 0 Å². The molecule has 3 heterocycles. The lowest BCUT2D eigenvalue weighted by Gasteiger charge is -2.34. The first-order valence-corrected chi connectivity index (χ1v) is 10.6. The number of imidazole rings is 1. The van der Waals surface area contributed by atoms with Crippen LogP contribution in [-0.2, 0) is 5.75 Å². The van der Waals surface area contributed by atoms with Crippen LogP contribution in [0.25, 0.3) is 11.0 Å². The Labute approximate surface area is 170 Å². The van der Waals surface area contributed by atoms with Gasteiger partial charge in [-0.3, -0.25) is 4.98 Å². The molecule has 1 N–H and O–H groups in total. The summed E-state index contributed by atoms with van der Waals surface area (Å²) in [7, 11) is 3.89. The molecule has 148 valence electrons. The van der Waals surface area contributed by atoms with Gasteiger partial charge in [-0.05, 0) is 39.1 Å². The number of hydrogen-bond donors (Lipinski definition) is 1. The van der Waals surface area contributed by atoms with Crippen LogP contribution in [0.1, 0.15) is 16.8 Å². The molecule has 1 fully saturated rings. The molecule has 6 nitrogen and oxygen atoms in total. The Morgan fingerprint density at radius 1 is 1.18 bits per heavy atom. The number of fused-ring (bicyclic) bond motifs is 1. The predicted molar refractivity (Wildman–Crippen MR) is 116 cm³/mol. The van der Waals surface area contributed by atoms with E-state index in [1.165, 1.54) is 5.69 Å². The molecule has 1 aromatic carbocycles. The maximum atomic E-state index is 5.51. The average Bonchev–Trinajstić information content (AvgIpc) is 3.10. The number of H-pyrrole nitrogens is 1. The summed E-state index contributed by atoms with van der Waals surface area (Å²) in [4.78, 5) is 17.6. The SMILES string of the molecule is COc1c(C)cnc(CSc2nc3cc(N4CCN(C)CC4)ccc3[nH]2)c1C. The quantitative estimate of drug-likeness (QED) is 0.664. The number of thioether (sulfide) groups is 1. The number of methoxy groups -OCH3 is 1. The van der Waals surface area contributed by atoms with Crippen molar-refractivity contribution < 1.29 is 4.74 Å². The van der Waals surface area contributed by atoms with Crippen LogP contribution in [0.4, 0.5) is 5.69 Å². The molecule has 7 heteroatoms. The highest BCUT2D eigenvalue weighted by Crippen LogP contribution is 2.30. The van der Waals surface area contributed by atoms with Gasteiger partial charge < -0.3 is 19.5 Å². The van der Waals surface area contributed by atoms with Crippen molar-refractivity contribution in [1.82, 2.24) is 19.9 Å². The fourth-order valence-electron chi connectivity index (χ4n) is 3.65. The lowest BCUT2D eigenvalue weighted by Crippen LogP contribution is -2.44. The molecule has 0 saturated carbocycles. The number of aryl methyl sites for hydroxylation is 1. The molecule has 0 amide bonds. The Hall–Kier alpha value is -2.25. The molecular formula is C21H27N5OS. The lowest BCUT2D eigenvalue weighted by molar-refractivity contribution is 0.313. The van der Waals surface area contributed by atoms with Crippen molar-refractivity contribution in [2.75, 3.05) is 45.2 Å². The van der Waals surface area contributed by atoms with Crippen LogP contribution in [0.15, 0.2) is 29.6 Å². The number of rotatable bonds is 5. The van der Waals surface area contributed by atoms with Crippen molar-refractivity contribution in [3.8, 4) is 5.75 Å². The second-order valence-corrected chi connectivity index (χ2v) is 8.33. The highest BCUT2D eigenvalue weighted by atomic mass is 32.2. The summed E-state index contributed by atoms with van der Waals surface area (Å²) in [5.41, 5.74) is 6.55. The Morgan fingerprint density at radius 3 is 2.71 bits per heavy atom. The molecule has 1 aliphatic rings. The molecular weight excluding hydrogens is 370 g/mol. The summed E-state index contributed by atoms with van der Waals surface area (Å²) in [6.45, 7) is 8.42. The van der Waals surface area contributed by atoms with Gasteiger partial charge in [0, 0.05) is 54.9 Å². The molecule has 3 aromatic rings. The average molecular weight is 398 g/mol. The summed E-state index contributed by atoms with van der Waals surface area (Å²) in [6, 6.07) is 6.52. The third kappa shape index (κ3) is 3.82. The van der Waals surface area contributed by atoms with Gasteiger partial charge in [0.2, 0.25) is 0 Å². The third-order valence-corrected chi connectivity index (χ3v) is 6.29. The fourth-order valence-corrected chi connectivity index (χ4v) is 4.56. The first kappa shape index (κ1) is 19.1. The van der Waals surface area contributed by atoms with E-state index in [1.54, 1.807) is 18.9 Å². The first-order valence-electron chi connectivity index (χ1n) is 9.60. The minimum atomic E-state index is 0.758. The smallest absolute Gasteiger partial charge is 0.166 e. The van der Waals surface area contributed by atoms with E-state index in [1.807, 2.05) is 13.1 Å². The maximum Gasteiger partial charge on any atom is 0.166 e. The van der Waals surface area contributed by atoms with Crippen LogP contribution in [0.2, 0.25) is 0 Å². The summed E-state index contributed by atoms with van der Waals surface area (Å²) < 4.78 is 5.51. The topological polar surface area (TPSA) is 57.3 Å². The number of benzene rings is 1. The van der Waals surface area contributed by atoms with Crippen molar-refractivity contribution >= 4 is 28.5 Å². The monoisotopic (exact) mass is 397 g/mol. The van der Waals surface area contributed by atoms with Gasteiger partial charge in [-0.2, -0.15) is 0 Å². The molecule has 0 unspecified atom stereocenters. The van der Waals surface area contributed by atoms with Gasteiger partial charge in [0.1, 0.15) is 5.75 Å². The van der Waals surface area contributed by atoms with Crippen LogP contribution in [-0.4, -0.2) is 60.2 Å². The van der Waals surface area contributed by atoms with Crippen molar-refractivity contribution in [3.05, 3.63) is 41.2 Å². The van der Waals surface area contributed by atoms with E-state index in [2.05, 4.69) is 51.9 Å². The Kier molecular flexibility index (Phi) is 5.46. The zero-order valence-electron chi connectivity index (χ0n) is 17.0. The maximum absolute atomic E-state index is 5.51. The largest absolute Gasteiger partial charge is 0.496 e. The summed E-state index contributed by atoms with van der Waals surface area (Å²) >= 11 is 1.68. The number of hydrogen-bond acceptors (Lipinski definition) is 6. The number of nitrogens with one attached hydrogen (secondary N) is 1. The highest BCUT2D eigenvalue weighted by Gasteiger charge is 2.16. The van der Waals surface area contributed by atoms with E-state index >= 15 is 0 Å². The number of aromatic amines is 1. The van der Waals surface area contributed by atoms with Crippen LogP contribution >= 0.6 is 11.8 Å². The molecule has 0 spiro atoms. The second kappa shape index (κ2) is 8.01. The van der Waals surface area contributed by atoms with Crippen molar-refractivity contribution in [2.45, 2.75) is 24.8 Å². The number of aromatic nitrogens is 3. The molecule has 2 aromatic heterocycles. The molecule has 0 aliphatic carbocycles. The zero-order valence-corrected chi connectivity index (χ0v) is 17.8. The predicted octanol–water partition coefficient (Wildman–Crippen LogP) is 3.63. The number of piperazine rings is 1.